The van der Waals surface area contributed by atoms with Crippen LogP contribution in [0.3, 0.4) is 0 Å². The van der Waals surface area contributed by atoms with Gasteiger partial charge in [-0.1, -0.05) is 12.1 Å². The van der Waals surface area contributed by atoms with E-state index in [2.05, 4.69) is 15.2 Å². The molecular weight excluding hydrogens is 448 g/mol. The Morgan fingerprint density at radius 3 is 2.38 bits per heavy atom. The van der Waals surface area contributed by atoms with Crippen LogP contribution in [0.15, 0.2) is 29.3 Å². The van der Waals surface area contributed by atoms with E-state index < -0.39 is 0 Å². The molecule has 0 radical (unpaired) electrons. The van der Waals surface area contributed by atoms with Gasteiger partial charge in [0.15, 0.2) is 5.96 Å². The lowest BCUT2D eigenvalue weighted by Gasteiger charge is -2.34. The smallest absolute Gasteiger partial charge is 0.219 e. The van der Waals surface area contributed by atoms with E-state index >= 15 is 0 Å². The van der Waals surface area contributed by atoms with Gasteiger partial charge in [-0.2, -0.15) is 0 Å². The van der Waals surface area contributed by atoms with Crippen molar-refractivity contribution < 1.29 is 9.18 Å². The predicted octanol–water partition coefficient (Wildman–Crippen LogP) is 1.61. The molecule has 1 aromatic rings. The molecule has 0 saturated carbocycles. The van der Waals surface area contributed by atoms with Crippen LogP contribution in [0.5, 0.6) is 0 Å². The second-order valence-electron chi connectivity index (χ2n) is 6.30. The second kappa shape index (κ2) is 11.3. The highest BCUT2D eigenvalue weighted by Gasteiger charge is 2.18. The van der Waals surface area contributed by atoms with Gasteiger partial charge in [0.1, 0.15) is 5.82 Å². The SMILES string of the molecule is CN=C(NCCN1CCN(C(C)=O)CC1)N(C)Cc1ccc(F)cc1.I. The Kier molecular flexibility index (Phi) is 9.85. The van der Waals surface area contributed by atoms with Crippen LogP contribution in [0.25, 0.3) is 0 Å². The van der Waals surface area contributed by atoms with Crippen molar-refractivity contribution in [2.45, 2.75) is 13.5 Å². The first-order valence-electron chi connectivity index (χ1n) is 8.63. The summed E-state index contributed by atoms with van der Waals surface area (Å²) in [5.41, 5.74) is 1.03. The standard InChI is InChI=1S/C18H28FN5O.HI/c1-15(25)24-12-10-23(11-13-24)9-8-21-18(20-2)22(3)14-16-4-6-17(19)7-5-16;/h4-7H,8-14H2,1-3H3,(H,20,21);1H. The summed E-state index contributed by atoms with van der Waals surface area (Å²) in [6, 6.07) is 6.52. The number of amides is 1. The summed E-state index contributed by atoms with van der Waals surface area (Å²) < 4.78 is 13.0. The van der Waals surface area contributed by atoms with Gasteiger partial charge >= 0.3 is 0 Å². The van der Waals surface area contributed by atoms with Gasteiger partial charge < -0.3 is 15.1 Å². The first-order chi connectivity index (χ1) is 12.0. The normalized spacial score (nSPS) is 15.4. The molecular formula is C18H29FIN5O. The number of nitrogens with one attached hydrogen (secondary N) is 1. The van der Waals surface area contributed by atoms with E-state index in [9.17, 15) is 9.18 Å². The van der Waals surface area contributed by atoms with E-state index in [0.29, 0.717) is 6.54 Å². The maximum Gasteiger partial charge on any atom is 0.219 e. The number of halogens is 2. The third kappa shape index (κ3) is 7.06. The van der Waals surface area contributed by atoms with Crippen molar-refractivity contribution in [1.82, 2.24) is 20.0 Å². The lowest BCUT2D eigenvalue weighted by molar-refractivity contribution is -0.130. The highest BCUT2D eigenvalue weighted by Crippen LogP contribution is 2.06. The Morgan fingerprint density at radius 1 is 1.23 bits per heavy atom. The fraction of sp³-hybridized carbons (Fsp3) is 0.556. The van der Waals surface area contributed by atoms with Crippen molar-refractivity contribution >= 4 is 35.8 Å². The maximum atomic E-state index is 13.0. The van der Waals surface area contributed by atoms with Crippen LogP contribution in [0.4, 0.5) is 4.39 Å². The molecule has 1 aliphatic heterocycles. The second-order valence-corrected chi connectivity index (χ2v) is 6.30. The summed E-state index contributed by atoms with van der Waals surface area (Å²) in [4.78, 5) is 21.9. The molecule has 0 unspecified atom stereocenters. The van der Waals surface area contributed by atoms with Gasteiger partial charge in [0.05, 0.1) is 0 Å². The average molecular weight is 477 g/mol. The number of carbonyl (C=O) groups is 1. The number of hydrogen-bond acceptors (Lipinski definition) is 3. The zero-order chi connectivity index (χ0) is 18.2. The Bertz CT molecular complexity index is 588. The summed E-state index contributed by atoms with van der Waals surface area (Å²) in [6.45, 7) is 7.41. The van der Waals surface area contributed by atoms with Crippen molar-refractivity contribution in [2.75, 3.05) is 53.4 Å². The number of guanidine groups is 1. The number of aliphatic imine (C=N–C) groups is 1. The fourth-order valence-electron chi connectivity index (χ4n) is 2.94. The van der Waals surface area contributed by atoms with Crippen molar-refractivity contribution in [2.24, 2.45) is 4.99 Å². The molecule has 1 aromatic carbocycles. The monoisotopic (exact) mass is 477 g/mol. The third-order valence-electron chi connectivity index (χ3n) is 4.44. The third-order valence-corrected chi connectivity index (χ3v) is 4.44. The molecule has 2 rings (SSSR count). The summed E-state index contributed by atoms with van der Waals surface area (Å²) in [6.07, 6.45) is 0. The molecule has 26 heavy (non-hydrogen) atoms. The van der Waals surface area contributed by atoms with Crippen molar-refractivity contribution in [3.05, 3.63) is 35.6 Å². The number of rotatable bonds is 5. The maximum absolute atomic E-state index is 13.0. The highest BCUT2D eigenvalue weighted by molar-refractivity contribution is 14.0. The van der Waals surface area contributed by atoms with Crippen LogP contribution in [0.2, 0.25) is 0 Å². The van der Waals surface area contributed by atoms with Gasteiger partial charge in [-0.3, -0.25) is 14.7 Å². The largest absolute Gasteiger partial charge is 0.355 e. The lowest BCUT2D eigenvalue weighted by atomic mass is 10.2. The van der Waals surface area contributed by atoms with Crippen molar-refractivity contribution in [1.29, 1.82) is 0 Å². The van der Waals surface area contributed by atoms with E-state index in [4.69, 9.17) is 0 Å². The molecule has 0 spiro atoms. The van der Waals surface area contributed by atoms with Crippen LogP contribution in [-0.4, -0.2) is 79.9 Å². The van der Waals surface area contributed by atoms with Gasteiger partial charge in [0.25, 0.3) is 0 Å². The van der Waals surface area contributed by atoms with Crippen LogP contribution in [0.1, 0.15) is 12.5 Å². The molecule has 0 atom stereocenters. The van der Waals surface area contributed by atoms with E-state index in [-0.39, 0.29) is 35.7 Å². The minimum atomic E-state index is -0.223. The van der Waals surface area contributed by atoms with Gasteiger partial charge in [0, 0.05) is 66.8 Å². The summed E-state index contributed by atoms with van der Waals surface area (Å²) in [7, 11) is 3.72. The van der Waals surface area contributed by atoms with Crippen LogP contribution in [-0.2, 0) is 11.3 Å². The van der Waals surface area contributed by atoms with Gasteiger partial charge in [-0.05, 0) is 17.7 Å². The van der Waals surface area contributed by atoms with Gasteiger partial charge in [-0.25, -0.2) is 4.39 Å². The van der Waals surface area contributed by atoms with Crippen LogP contribution >= 0.6 is 24.0 Å². The molecule has 0 aromatic heterocycles. The van der Waals surface area contributed by atoms with Gasteiger partial charge in [0.2, 0.25) is 5.91 Å². The molecule has 1 N–H and O–H groups in total. The highest BCUT2D eigenvalue weighted by atomic mass is 127. The molecule has 6 nitrogen and oxygen atoms in total. The Labute approximate surface area is 172 Å². The van der Waals surface area contributed by atoms with Crippen LogP contribution in [0, 0.1) is 5.82 Å². The fourth-order valence-corrected chi connectivity index (χ4v) is 2.94. The Morgan fingerprint density at radius 2 is 1.85 bits per heavy atom. The zero-order valence-electron chi connectivity index (χ0n) is 15.7. The number of hydrogen-bond donors (Lipinski definition) is 1. The molecule has 1 heterocycles. The predicted molar refractivity (Wildman–Crippen MR) is 113 cm³/mol. The summed E-state index contributed by atoms with van der Waals surface area (Å²) >= 11 is 0. The minimum Gasteiger partial charge on any atom is -0.355 e. The number of piperazine rings is 1. The molecule has 1 fully saturated rings. The molecule has 1 saturated heterocycles. The van der Waals surface area contributed by atoms with E-state index in [1.54, 1.807) is 26.1 Å². The summed E-state index contributed by atoms with van der Waals surface area (Å²) in [5.74, 6) is 0.742. The average Bonchev–Trinajstić information content (AvgIpc) is 2.61. The number of benzene rings is 1. The molecule has 0 aliphatic carbocycles. The van der Waals surface area contributed by atoms with Gasteiger partial charge in [-0.15, -0.1) is 24.0 Å². The van der Waals surface area contributed by atoms with Crippen LogP contribution < -0.4 is 5.32 Å². The first kappa shape index (κ1) is 22.6. The zero-order valence-corrected chi connectivity index (χ0v) is 18.1. The Hall–Kier alpha value is -1.42. The van der Waals surface area contributed by atoms with Crippen molar-refractivity contribution in [3.63, 3.8) is 0 Å². The minimum absolute atomic E-state index is 0. The van der Waals surface area contributed by atoms with E-state index in [1.165, 1.54) is 12.1 Å². The molecule has 8 heteroatoms. The topological polar surface area (TPSA) is 51.2 Å². The number of nitrogens with zero attached hydrogens (tertiary/aromatic N) is 4. The number of carbonyl (C=O) groups excluding carboxylic acids is 1. The van der Waals surface area contributed by atoms with E-state index in [1.807, 2.05) is 16.8 Å². The summed E-state index contributed by atoms with van der Waals surface area (Å²) in [5, 5.41) is 3.36. The quantitative estimate of drug-likeness (QED) is 0.398. The van der Waals surface area contributed by atoms with E-state index in [0.717, 1.165) is 50.8 Å². The molecule has 0 bridgehead atoms. The molecule has 1 aliphatic rings. The molecule has 1 amide bonds. The lowest BCUT2D eigenvalue weighted by Crippen LogP contribution is -2.50. The first-order valence-corrected chi connectivity index (χ1v) is 8.63. The molecule has 146 valence electrons. The van der Waals surface area contributed by atoms with Crippen molar-refractivity contribution in [3.8, 4) is 0 Å². The Balaban J connectivity index is 0.00000338.